The van der Waals surface area contributed by atoms with Gasteiger partial charge >= 0.3 is 15.6 Å². The monoisotopic (exact) mass is 270 g/mol. The lowest BCUT2D eigenvalue weighted by Gasteiger charge is -1.97. The third-order valence-electron chi connectivity index (χ3n) is 0.292. The molecular formula is C5H9F3O7S. The topological polar surface area (TPSA) is 129 Å². The lowest BCUT2D eigenvalue weighted by atomic mass is 10.9. The summed E-state index contributed by atoms with van der Waals surface area (Å²) in [5, 5.41) is 14.8. The van der Waals surface area contributed by atoms with Crippen molar-refractivity contribution in [3.8, 4) is 0 Å². The van der Waals surface area contributed by atoms with Gasteiger partial charge in [-0.15, -0.1) is 0 Å². The Kier molecular flexibility index (Phi) is 9.89. The van der Waals surface area contributed by atoms with E-state index >= 15 is 0 Å². The van der Waals surface area contributed by atoms with Crippen molar-refractivity contribution in [1.29, 1.82) is 0 Å². The van der Waals surface area contributed by atoms with Crippen LogP contribution < -0.4 is 0 Å². The Morgan fingerprint density at radius 3 is 1.06 bits per heavy atom. The van der Waals surface area contributed by atoms with E-state index in [2.05, 4.69) is 0 Å². The minimum Gasteiger partial charge on any atom is -0.481 e. The number of carboxylic acid groups (broad SMARTS) is 2. The Morgan fingerprint density at radius 2 is 1.06 bits per heavy atom. The van der Waals surface area contributed by atoms with Gasteiger partial charge in [0.2, 0.25) is 0 Å². The molecule has 0 aliphatic carbocycles. The molecule has 0 aromatic heterocycles. The lowest BCUT2D eigenvalue weighted by molar-refractivity contribution is -0.135. The van der Waals surface area contributed by atoms with Gasteiger partial charge < -0.3 is 10.2 Å². The third-order valence-corrected chi connectivity index (χ3v) is 0.877. The number of aliphatic carboxylic acids is 2. The number of hydrogen-bond acceptors (Lipinski definition) is 4. The van der Waals surface area contributed by atoms with E-state index in [1.165, 1.54) is 0 Å². The fourth-order valence-electron chi connectivity index (χ4n) is 0. The summed E-state index contributed by atoms with van der Waals surface area (Å²) in [7, 11) is -5.84. The van der Waals surface area contributed by atoms with Crippen molar-refractivity contribution in [2.24, 2.45) is 0 Å². The van der Waals surface area contributed by atoms with Crippen LogP contribution in [0.1, 0.15) is 13.8 Å². The second kappa shape index (κ2) is 7.87. The van der Waals surface area contributed by atoms with Gasteiger partial charge in [0.05, 0.1) is 0 Å². The number of carboxylic acids is 2. The highest BCUT2D eigenvalue weighted by Gasteiger charge is 2.44. The average Bonchev–Trinajstić information content (AvgIpc) is 1.76. The Morgan fingerprint density at radius 1 is 1.00 bits per heavy atom. The summed E-state index contributed by atoms with van der Waals surface area (Å²) >= 11 is 0. The molecule has 0 aromatic rings. The normalized spacial score (nSPS) is 10.1. The zero-order chi connectivity index (χ0) is 14.2. The van der Waals surface area contributed by atoms with Crippen LogP contribution >= 0.6 is 0 Å². The smallest absolute Gasteiger partial charge is 0.481 e. The highest BCUT2D eigenvalue weighted by Crippen LogP contribution is 2.20. The molecule has 0 unspecified atom stereocenters. The van der Waals surface area contributed by atoms with E-state index in [0.29, 0.717) is 0 Å². The van der Waals surface area contributed by atoms with Gasteiger partial charge in [-0.3, -0.25) is 14.1 Å². The lowest BCUT2D eigenvalue weighted by Crippen LogP contribution is -2.21. The molecule has 7 nitrogen and oxygen atoms in total. The summed E-state index contributed by atoms with van der Waals surface area (Å²) in [5.41, 5.74) is -5.53. The van der Waals surface area contributed by atoms with E-state index in [1.54, 1.807) is 0 Å². The first kappa shape index (κ1) is 20.1. The Labute approximate surface area is 88.2 Å². The van der Waals surface area contributed by atoms with Gasteiger partial charge in [-0.2, -0.15) is 21.6 Å². The molecule has 0 fully saturated rings. The van der Waals surface area contributed by atoms with Crippen molar-refractivity contribution in [3.63, 3.8) is 0 Å². The predicted molar refractivity (Wildman–Crippen MR) is 44.2 cm³/mol. The van der Waals surface area contributed by atoms with Crippen LogP contribution in [0.25, 0.3) is 0 Å². The molecule has 0 amide bonds. The average molecular weight is 270 g/mol. The number of carbonyl (C=O) groups is 2. The third kappa shape index (κ3) is 29.3. The first-order chi connectivity index (χ1) is 6.71. The summed E-state index contributed by atoms with van der Waals surface area (Å²) in [6, 6.07) is 0. The van der Waals surface area contributed by atoms with E-state index < -0.39 is 27.6 Å². The SMILES string of the molecule is CC(=O)O.CC(=O)O.O=S(=O)(O)C(F)(F)F. The van der Waals surface area contributed by atoms with Crippen LogP contribution in [0.15, 0.2) is 0 Å². The van der Waals surface area contributed by atoms with Gasteiger partial charge in [0, 0.05) is 13.8 Å². The highest BCUT2D eigenvalue weighted by molar-refractivity contribution is 7.86. The largest absolute Gasteiger partial charge is 0.522 e. The zero-order valence-corrected chi connectivity index (χ0v) is 8.83. The minimum absolute atomic E-state index is 0.833. The molecular weight excluding hydrogens is 261 g/mol. The van der Waals surface area contributed by atoms with Crippen LogP contribution in [0.5, 0.6) is 0 Å². The van der Waals surface area contributed by atoms with Gasteiger partial charge in [-0.05, 0) is 0 Å². The quantitative estimate of drug-likeness (QED) is 0.433. The van der Waals surface area contributed by atoms with Crippen LogP contribution in [0.4, 0.5) is 13.2 Å². The molecule has 0 aliphatic heterocycles. The maximum absolute atomic E-state index is 10.7. The zero-order valence-electron chi connectivity index (χ0n) is 8.02. The van der Waals surface area contributed by atoms with Crippen LogP contribution in [-0.4, -0.2) is 40.6 Å². The second-order valence-corrected chi connectivity index (χ2v) is 3.37. The molecule has 0 aliphatic rings. The maximum atomic E-state index is 10.7. The fraction of sp³-hybridized carbons (Fsp3) is 0.600. The highest BCUT2D eigenvalue weighted by atomic mass is 32.2. The molecule has 0 rings (SSSR count). The number of rotatable bonds is 0. The molecule has 0 spiro atoms. The molecule has 0 bridgehead atoms. The molecule has 0 heterocycles. The first-order valence-corrected chi connectivity index (χ1v) is 4.58. The first-order valence-electron chi connectivity index (χ1n) is 3.14. The fourth-order valence-corrected chi connectivity index (χ4v) is 0. The van der Waals surface area contributed by atoms with Gasteiger partial charge in [-0.1, -0.05) is 0 Å². The number of hydrogen-bond donors (Lipinski definition) is 3. The van der Waals surface area contributed by atoms with Crippen molar-refractivity contribution in [2.75, 3.05) is 0 Å². The standard InChI is InChI=1S/2C2H4O2.CHF3O3S/c2*1-2(3)4;2-1(3,4)8(5,6)7/h2*1H3,(H,3,4);(H,5,6,7). The molecule has 16 heavy (non-hydrogen) atoms. The van der Waals surface area contributed by atoms with E-state index in [-0.39, 0.29) is 0 Å². The Bertz CT molecular complexity index is 297. The van der Waals surface area contributed by atoms with Crippen molar-refractivity contribution in [3.05, 3.63) is 0 Å². The molecule has 11 heteroatoms. The molecule has 0 saturated heterocycles. The van der Waals surface area contributed by atoms with Gasteiger partial charge in [0.1, 0.15) is 0 Å². The summed E-state index contributed by atoms with van der Waals surface area (Å²) in [6.07, 6.45) is 0. The summed E-state index contributed by atoms with van der Waals surface area (Å²) in [5.74, 6) is -1.67. The predicted octanol–water partition coefficient (Wildman–Crippen LogP) is 0.576. The Hall–Kier alpha value is -1.36. The maximum Gasteiger partial charge on any atom is 0.522 e. The van der Waals surface area contributed by atoms with Crippen LogP contribution in [0.2, 0.25) is 0 Å². The Balaban J connectivity index is -0.000000179. The van der Waals surface area contributed by atoms with Crippen LogP contribution in [-0.2, 0) is 19.7 Å². The summed E-state index contributed by atoms with van der Waals surface area (Å²) < 4.78 is 57.5. The molecule has 3 N–H and O–H groups in total. The molecule has 98 valence electrons. The number of alkyl halides is 3. The van der Waals surface area contributed by atoms with Crippen LogP contribution in [0.3, 0.4) is 0 Å². The van der Waals surface area contributed by atoms with E-state index in [1.807, 2.05) is 0 Å². The van der Waals surface area contributed by atoms with Crippen LogP contribution in [0, 0.1) is 0 Å². The van der Waals surface area contributed by atoms with Gasteiger partial charge in [-0.25, -0.2) is 0 Å². The summed E-state index contributed by atoms with van der Waals surface area (Å²) in [4.78, 5) is 18.0. The van der Waals surface area contributed by atoms with Gasteiger partial charge in [0.25, 0.3) is 11.9 Å². The molecule has 0 saturated carbocycles. The number of halogens is 3. The van der Waals surface area contributed by atoms with Crippen molar-refractivity contribution in [1.82, 2.24) is 0 Å². The van der Waals surface area contributed by atoms with Crippen molar-refractivity contribution >= 4 is 22.1 Å². The molecule has 0 aromatic carbocycles. The van der Waals surface area contributed by atoms with Gasteiger partial charge in [0.15, 0.2) is 0 Å². The molecule has 0 radical (unpaired) electrons. The molecule has 0 atom stereocenters. The van der Waals surface area contributed by atoms with E-state index in [9.17, 15) is 13.2 Å². The van der Waals surface area contributed by atoms with E-state index in [4.69, 9.17) is 32.8 Å². The minimum atomic E-state index is -5.84. The van der Waals surface area contributed by atoms with E-state index in [0.717, 1.165) is 13.8 Å². The second-order valence-electron chi connectivity index (χ2n) is 1.96. The van der Waals surface area contributed by atoms with Crippen molar-refractivity contribution in [2.45, 2.75) is 19.4 Å². The summed E-state index contributed by atoms with van der Waals surface area (Å²) in [6.45, 7) is 2.17. The van der Waals surface area contributed by atoms with Crippen molar-refractivity contribution < 1.29 is 45.9 Å².